The highest BCUT2D eigenvalue weighted by molar-refractivity contribution is 5.86. The van der Waals surface area contributed by atoms with Crippen molar-refractivity contribution in [2.75, 3.05) is 26.2 Å². The second kappa shape index (κ2) is 8.18. The van der Waals surface area contributed by atoms with Crippen molar-refractivity contribution in [2.24, 2.45) is 5.73 Å². The van der Waals surface area contributed by atoms with Gasteiger partial charge < -0.3 is 25.7 Å². The van der Waals surface area contributed by atoms with Crippen molar-refractivity contribution in [1.82, 2.24) is 20.2 Å². The third kappa shape index (κ3) is 4.08. The number of amides is 1. The molecule has 4 N–H and O–H groups in total. The van der Waals surface area contributed by atoms with Crippen LogP contribution in [0.4, 0.5) is 4.39 Å². The Balaban J connectivity index is 1.47. The van der Waals surface area contributed by atoms with Crippen LogP contribution >= 0.6 is 0 Å². The monoisotopic (exact) mass is 397 g/mol. The number of ether oxygens (including phenoxy) is 1. The molecule has 1 amide bonds. The molecule has 152 valence electrons. The van der Waals surface area contributed by atoms with E-state index in [0.29, 0.717) is 30.0 Å². The lowest BCUT2D eigenvalue weighted by atomic mass is 10.0. The first kappa shape index (κ1) is 19.4. The zero-order valence-electron chi connectivity index (χ0n) is 16.2. The molecular formula is C21H24FN5O2. The van der Waals surface area contributed by atoms with E-state index in [-0.39, 0.29) is 18.1 Å². The van der Waals surface area contributed by atoms with Crippen molar-refractivity contribution in [3.8, 4) is 11.5 Å². The molecule has 0 unspecified atom stereocenters. The Morgan fingerprint density at radius 3 is 2.86 bits per heavy atom. The predicted molar refractivity (Wildman–Crippen MR) is 108 cm³/mol. The van der Waals surface area contributed by atoms with E-state index < -0.39 is 11.9 Å². The van der Waals surface area contributed by atoms with Gasteiger partial charge in [0.25, 0.3) is 0 Å². The minimum Gasteiger partial charge on any atom is -0.453 e. The number of rotatable bonds is 5. The maximum absolute atomic E-state index is 14.7. The molecular weight excluding hydrogens is 373 g/mol. The number of nitrogens with zero attached hydrogens (tertiary/aromatic N) is 2. The van der Waals surface area contributed by atoms with E-state index in [1.165, 1.54) is 6.07 Å². The summed E-state index contributed by atoms with van der Waals surface area (Å²) in [4.78, 5) is 21.5. The first-order valence-electron chi connectivity index (χ1n) is 9.67. The van der Waals surface area contributed by atoms with E-state index in [9.17, 15) is 9.18 Å². The summed E-state index contributed by atoms with van der Waals surface area (Å²) in [6.45, 7) is 4.76. The van der Waals surface area contributed by atoms with E-state index in [1.807, 2.05) is 13.1 Å². The molecule has 0 spiro atoms. The standard InChI is InChI=1S/C21H24FN5O2/c1-13-12-26-20-19(13)18(4-5-25-20)29-17-3-2-14(10-15(17)22)11-16(23)21(28)27-8-6-24-7-9-27/h2-5,10,12,16,24H,6-9,11,23H2,1H3,(H,25,26)/t16-/m0/s1. The average molecular weight is 397 g/mol. The number of H-pyrrole nitrogens is 1. The fourth-order valence-corrected chi connectivity index (χ4v) is 3.60. The molecule has 1 aliphatic heterocycles. The summed E-state index contributed by atoms with van der Waals surface area (Å²) in [6.07, 6.45) is 3.72. The van der Waals surface area contributed by atoms with Crippen molar-refractivity contribution in [1.29, 1.82) is 0 Å². The third-order valence-electron chi connectivity index (χ3n) is 5.15. The number of pyridine rings is 1. The third-order valence-corrected chi connectivity index (χ3v) is 5.15. The molecule has 1 fully saturated rings. The van der Waals surface area contributed by atoms with Crippen LogP contribution in [-0.2, 0) is 11.2 Å². The number of piperazine rings is 1. The number of hydrogen-bond acceptors (Lipinski definition) is 5. The number of carbonyl (C=O) groups is 1. The summed E-state index contributed by atoms with van der Waals surface area (Å²) in [5.74, 6) is 0.0478. The van der Waals surface area contributed by atoms with Gasteiger partial charge in [0.2, 0.25) is 5.91 Å². The lowest BCUT2D eigenvalue weighted by Crippen LogP contribution is -2.52. The molecule has 29 heavy (non-hydrogen) atoms. The highest BCUT2D eigenvalue weighted by atomic mass is 19.1. The molecule has 0 aliphatic carbocycles. The van der Waals surface area contributed by atoms with Crippen LogP contribution in [-0.4, -0.2) is 53.0 Å². The summed E-state index contributed by atoms with van der Waals surface area (Å²) >= 11 is 0. The molecule has 8 heteroatoms. The van der Waals surface area contributed by atoms with Crippen LogP contribution in [0.2, 0.25) is 0 Å². The number of aromatic amines is 1. The summed E-state index contributed by atoms with van der Waals surface area (Å²) in [6, 6.07) is 5.70. The summed E-state index contributed by atoms with van der Waals surface area (Å²) in [7, 11) is 0. The van der Waals surface area contributed by atoms with Crippen molar-refractivity contribution >= 4 is 16.9 Å². The number of fused-ring (bicyclic) bond motifs is 1. The Morgan fingerprint density at radius 2 is 2.10 bits per heavy atom. The topological polar surface area (TPSA) is 96.3 Å². The predicted octanol–water partition coefficient (Wildman–Crippen LogP) is 2.10. The van der Waals surface area contributed by atoms with E-state index in [1.54, 1.807) is 29.3 Å². The highest BCUT2D eigenvalue weighted by Gasteiger charge is 2.23. The van der Waals surface area contributed by atoms with Gasteiger partial charge in [-0.25, -0.2) is 9.37 Å². The normalized spacial score (nSPS) is 15.5. The zero-order chi connectivity index (χ0) is 20.4. The molecule has 3 heterocycles. The number of aromatic nitrogens is 2. The van der Waals surface area contributed by atoms with E-state index in [2.05, 4.69) is 15.3 Å². The molecule has 2 aromatic heterocycles. The number of halogens is 1. The molecule has 0 bridgehead atoms. The molecule has 7 nitrogen and oxygen atoms in total. The fraction of sp³-hybridized carbons (Fsp3) is 0.333. The van der Waals surface area contributed by atoms with Crippen molar-refractivity contribution in [3.05, 3.63) is 53.6 Å². The number of nitrogens with one attached hydrogen (secondary N) is 2. The Morgan fingerprint density at radius 1 is 1.31 bits per heavy atom. The number of nitrogens with two attached hydrogens (primary N) is 1. The number of hydrogen-bond donors (Lipinski definition) is 3. The maximum atomic E-state index is 14.7. The lowest BCUT2D eigenvalue weighted by molar-refractivity contribution is -0.133. The van der Waals surface area contributed by atoms with Crippen LogP contribution < -0.4 is 15.8 Å². The van der Waals surface area contributed by atoms with Crippen LogP contribution in [0.5, 0.6) is 11.5 Å². The Labute approximate surface area is 168 Å². The molecule has 1 atom stereocenters. The van der Waals surface area contributed by atoms with Crippen LogP contribution in [0.25, 0.3) is 11.0 Å². The van der Waals surface area contributed by atoms with Gasteiger partial charge in [-0.3, -0.25) is 4.79 Å². The van der Waals surface area contributed by atoms with Gasteiger partial charge in [-0.15, -0.1) is 0 Å². The van der Waals surface area contributed by atoms with Gasteiger partial charge in [0.1, 0.15) is 11.4 Å². The molecule has 0 radical (unpaired) electrons. The largest absolute Gasteiger partial charge is 0.453 e. The van der Waals surface area contributed by atoms with Gasteiger partial charge in [0.15, 0.2) is 11.6 Å². The Hall–Kier alpha value is -2.97. The fourth-order valence-electron chi connectivity index (χ4n) is 3.60. The summed E-state index contributed by atoms with van der Waals surface area (Å²) in [5.41, 5.74) is 8.40. The molecule has 1 aromatic carbocycles. The van der Waals surface area contributed by atoms with Crippen molar-refractivity contribution in [2.45, 2.75) is 19.4 Å². The van der Waals surface area contributed by atoms with Crippen molar-refractivity contribution < 1.29 is 13.9 Å². The van der Waals surface area contributed by atoms with Crippen LogP contribution in [0.15, 0.2) is 36.7 Å². The second-order valence-corrected chi connectivity index (χ2v) is 7.26. The van der Waals surface area contributed by atoms with Gasteiger partial charge in [0.05, 0.1) is 11.4 Å². The highest BCUT2D eigenvalue weighted by Crippen LogP contribution is 2.32. The van der Waals surface area contributed by atoms with E-state index in [0.717, 1.165) is 24.0 Å². The first-order chi connectivity index (χ1) is 14.0. The van der Waals surface area contributed by atoms with E-state index >= 15 is 0 Å². The molecule has 1 aliphatic rings. The zero-order valence-corrected chi connectivity index (χ0v) is 16.2. The van der Waals surface area contributed by atoms with Gasteiger partial charge in [0, 0.05) is 38.6 Å². The van der Waals surface area contributed by atoms with Gasteiger partial charge >= 0.3 is 0 Å². The number of carbonyl (C=O) groups excluding carboxylic acids is 1. The molecule has 0 saturated carbocycles. The SMILES string of the molecule is Cc1c[nH]c2nccc(Oc3ccc(C[C@H](N)C(=O)N4CCNCC4)cc3F)c12. The molecule has 1 saturated heterocycles. The minimum atomic E-state index is -0.693. The summed E-state index contributed by atoms with van der Waals surface area (Å²) in [5, 5.41) is 4.02. The first-order valence-corrected chi connectivity index (χ1v) is 9.67. The van der Waals surface area contributed by atoms with E-state index in [4.69, 9.17) is 10.5 Å². The van der Waals surface area contributed by atoms with Crippen LogP contribution in [0, 0.1) is 12.7 Å². The molecule has 3 aromatic rings. The lowest BCUT2D eigenvalue weighted by Gasteiger charge is -2.29. The second-order valence-electron chi connectivity index (χ2n) is 7.26. The van der Waals surface area contributed by atoms with Crippen LogP contribution in [0.1, 0.15) is 11.1 Å². The van der Waals surface area contributed by atoms with Gasteiger partial charge in [-0.05, 0) is 42.7 Å². The van der Waals surface area contributed by atoms with Gasteiger partial charge in [-0.1, -0.05) is 6.07 Å². The van der Waals surface area contributed by atoms with Gasteiger partial charge in [-0.2, -0.15) is 0 Å². The number of benzene rings is 1. The Kier molecular flexibility index (Phi) is 5.46. The summed E-state index contributed by atoms with van der Waals surface area (Å²) < 4.78 is 20.5. The maximum Gasteiger partial charge on any atom is 0.239 e. The number of aryl methyl sites for hydroxylation is 1. The smallest absolute Gasteiger partial charge is 0.239 e. The molecule has 4 rings (SSSR count). The quantitative estimate of drug-likeness (QED) is 0.613. The minimum absolute atomic E-state index is 0.102. The average Bonchev–Trinajstić information content (AvgIpc) is 3.12. The van der Waals surface area contributed by atoms with Crippen LogP contribution in [0.3, 0.4) is 0 Å². The Bertz CT molecular complexity index is 1030. The van der Waals surface area contributed by atoms with Crippen molar-refractivity contribution in [3.63, 3.8) is 0 Å².